The van der Waals surface area contributed by atoms with Crippen LogP contribution in [0.1, 0.15) is 34.1 Å². The lowest BCUT2D eigenvalue weighted by molar-refractivity contribution is 0.0979. The molecule has 0 fully saturated rings. The van der Waals surface area contributed by atoms with E-state index in [2.05, 4.69) is 31.1 Å². The standard InChI is InChI=1S/C22H22N4OS/c1-4-25-13-12-18(24-25)21(27)26(14-17-8-6-5-7-9-17)22-23-19-15(2)10-11-16(3)20(19)28-22/h5-13H,4,14H2,1-3H3. The number of hydrogen-bond acceptors (Lipinski definition) is 4. The van der Waals surface area contributed by atoms with Gasteiger partial charge in [0.25, 0.3) is 5.91 Å². The van der Waals surface area contributed by atoms with Gasteiger partial charge in [-0.1, -0.05) is 53.8 Å². The van der Waals surface area contributed by atoms with Crippen LogP contribution in [0.4, 0.5) is 5.13 Å². The van der Waals surface area contributed by atoms with Gasteiger partial charge in [0.15, 0.2) is 10.8 Å². The zero-order valence-corrected chi connectivity index (χ0v) is 17.0. The maximum Gasteiger partial charge on any atom is 0.280 e. The molecular weight excluding hydrogens is 368 g/mol. The summed E-state index contributed by atoms with van der Waals surface area (Å²) in [6.45, 7) is 7.32. The van der Waals surface area contributed by atoms with Gasteiger partial charge in [-0.2, -0.15) is 5.10 Å². The molecule has 6 heteroatoms. The summed E-state index contributed by atoms with van der Waals surface area (Å²) in [5.74, 6) is -0.134. The number of thiazole rings is 1. The highest BCUT2D eigenvalue weighted by molar-refractivity contribution is 7.22. The molecule has 2 aromatic heterocycles. The summed E-state index contributed by atoms with van der Waals surface area (Å²) in [6, 6.07) is 15.9. The number of benzene rings is 2. The number of rotatable bonds is 5. The van der Waals surface area contributed by atoms with Crippen molar-refractivity contribution < 1.29 is 4.79 Å². The topological polar surface area (TPSA) is 51.0 Å². The van der Waals surface area contributed by atoms with Gasteiger partial charge in [-0.05, 0) is 43.5 Å². The Balaban J connectivity index is 1.79. The Kier molecular flexibility index (Phi) is 4.96. The largest absolute Gasteiger partial charge is 0.280 e. The minimum Gasteiger partial charge on any atom is -0.278 e. The average Bonchev–Trinajstić information content (AvgIpc) is 3.37. The van der Waals surface area contributed by atoms with E-state index in [1.165, 1.54) is 5.56 Å². The maximum atomic E-state index is 13.3. The Hall–Kier alpha value is -2.99. The summed E-state index contributed by atoms with van der Waals surface area (Å²) in [5.41, 5.74) is 4.74. The van der Waals surface area contributed by atoms with Gasteiger partial charge in [0.2, 0.25) is 0 Å². The second kappa shape index (κ2) is 7.56. The fourth-order valence-electron chi connectivity index (χ4n) is 3.15. The molecule has 0 saturated heterocycles. The molecule has 2 aromatic carbocycles. The third-order valence-electron chi connectivity index (χ3n) is 4.77. The fraction of sp³-hybridized carbons (Fsp3) is 0.227. The molecule has 0 bridgehead atoms. The molecular formula is C22H22N4OS. The number of aromatic nitrogens is 3. The first-order valence-corrected chi connectivity index (χ1v) is 10.1. The summed E-state index contributed by atoms with van der Waals surface area (Å²) in [4.78, 5) is 19.9. The van der Waals surface area contributed by atoms with E-state index in [0.717, 1.165) is 27.9 Å². The minimum absolute atomic E-state index is 0.134. The number of carbonyl (C=O) groups excluding carboxylic acids is 1. The van der Waals surface area contributed by atoms with Crippen molar-refractivity contribution in [3.05, 3.63) is 77.1 Å². The highest BCUT2D eigenvalue weighted by atomic mass is 32.1. The van der Waals surface area contributed by atoms with Crippen LogP contribution in [0.3, 0.4) is 0 Å². The lowest BCUT2D eigenvalue weighted by atomic mass is 10.1. The first kappa shape index (κ1) is 18.4. The molecule has 0 aliphatic heterocycles. The molecule has 5 nitrogen and oxygen atoms in total. The van der Waals surface area contributed by atoms with Gasteiger partial charge < -0.3 is 0 Å². The van der Waals surface area contributed by atoms with E-state index in [1.807, 2.05) is 43.5 Å². The van der Waals surface area contributed by atoms with Crippen molar-refractivity contribution in [1.82, 2.24) is 14.8 Å². The smallest absolute Gasteiger partial charge is 0.278 e. The second-order valence-corrected chi connectivity index (χ2v) is 7.78. The zero-order chi connectivity index (χ0) is 19.7. The van der Waals surface area contributed by atoms with Crippen LogP contribution >= 0.6 is 11.3 Å². The van der Waals surface area contributed by atoms with E-state index in [9.17, 15) is 4.79 Å². The van der Waals surface area contributed by atoms with E-state index in [-0.39, 0.29) is 5.91 Å². The lowest BCUT2D eigenvalue weighted by Crippen LogP contribution is -2.30. The van der Waals surface area contributed by atoms with Crippen LogP contribution in [-0.4, -0.2) is 20.7 Å². The maximum absolute atomic E-state index is 13.3. The van der Waals surface area contributed by atoms with Gasteiger partial charge in [-0.25, -0.2) is 4.98 Å². The Morgan fingerprint density at radius 1 is 1.07 bits per heavy atom. The Labute approximate surface area is 168 Å². The quantitative estimate of drug-likeness (QED) is 0.483. The van der Waals surface area contributed by atoms with Gasteiger partial charge >= 0.3 is 0 Å². The lowest BCUT2D eigenvalue weighted by Gasteiger charge is -2.19. The van der Waals surface area contributed by atoms with E-state index in [4.69, 9.17) is 4.98 Å². The third kappa shape index (κ3) is 3.43. The van der Waals surface area contributed by atoms with Gasteiger partial charge in [-0.15, -0.1) is 0 Å². The number of nitrogens with zero attached hydrogens (tertiary/aromatic N) is 4. The summed E-state index contributed by atoms with van der Waals surface area (Å²) < 4.78 is 2.89. The minimum atomic E-state index is -0.134. The van der Waals surface area contributed by atoms with Gasteiger partial charge in [0.05, 0.1) is 16.8 Å². The van der Waals surface area contributed by atoms with Crippen LogP contribution in [0, 0.1) is 13.8 Å². The summed E-state index contributed by atoms with van der Waals surface area (Å²) in [5, 5.41) is 5.11. The van der Waals surface area contributed by atoms with E-state index in [1.54, 1.807) is 27.0 Å². The summed E-state index contributed by atoms with van der Waals surface area (Å²) in [6.07, 6.45) is 1.83. The first-order valence-electron chi connectivity index (χ1n) is 9.33. The van der Waals surface area contributed by atoms with Crippen molar-refractivity contribution in [3.8, 4) is 0 Å². The molecule has 4 aromatic rings. The van der Waals surface area contributed by atoms with Crippen molar-refractivity contribution in [1.29, 1.82) is 0 Å². The van der Waals surface area contributed by atoms with Crippen LogP contribution < -0.4 is 4.90 Å². The van der Waals surface area contributed by atoms with Crippen molar-refractivity contribution in [3.63, 3.8) is 0 Å². The molecule has 0 radical (unpaired) electrons. The first-order chi connectivity index (χ1) is 13.6. The molecule has 142 valence electrons. The van der Waals surface area contributed by atoms with E-state index < -0.39 is 0 Å². The molecule has 0 aliphatic carbocycles. The van der Waals surface area contributed by atoms with Gasteiger partial charge in [0, 0.05) is 12.7 Å². The monoisotopic (exact) mass is 390 g/mol. The van der Waals surface area contributed by atoms with Crippen LogP contribution in [0.2, 0.25) is 0 Å². The molecule has 0 aliphatic rings. The third-order valence-corrected chi connectivity index (χ3v) is 5.99. The SMILES string of the molecule is CCn1ccc(C(=O)N(Cc2ccccc2)c2nc3c(C)ccc(C)c3s2)n1. The molecule has 0 atom stereocenters. The number of hydrogen-bond donors (Lipinski definition) is 0. The molecule has 0 unspecified atom stereocenters. The molecule has 2 heterocycles. The molecule has 28 heavy (non-hydrogen) atoms. The predicted octanol–water partition coefficient (Wildman–Crippen LogP) is 4.98. The number of carbonyl (C=O) groups is 1. The Morgan fingerprint density at radius 2 is 1.82 bits per heavy atom. The average molecular weight is 391 g/mol. The zero-order valence-electron chi connectivity index (χ0n) is 16.2. The highest BCUT2D eigenvalue weighted by Crippen LogP contribution is 2.34. The molecule has 4 rings (SSSR count). The van der Waals surface area contributed by atoms with E-state index >= 15 is 0 Å². The number of fused-ring (bicyclic) bond motifs is 1. The molecule has 0 N–H and O–H groups in total. The number of amides is 1. The summed E-state index contributed by atoms with van der Waals surface area (Å²) in [7, 11) is 0. The van der Waals surface area contributed by atoms with Crippen molar-refractivity contribution in [2.45, 2.75) is 33.9 Å². The predicted molar refractivity (Wildman–Crippen MR) is 114 cm³/mol. The fourth-order valence-corrected chi connectivity index (χ4v) is 4.26. The molecule has 0 spiro atoms. The molecule has 0 saturated carbocycles. The van der Waals surface area contributed by atoms with Crippen LogP contribution in [-0.2, 0) is 13.1 Å². The van der Waals surface area contributed by atoms with Crippen molar-refractivity contribution >= 4 is 32.6 Å². The van der Waals surface area contributed by atoms with Crippen molar-refractivity contribution in [2.75, 3.05) is 4.90 Å². The van der Waals surface area contributed by atoms with Crippen LogP contribution in [0.15, 0.2) is 54.7 Å². The normalized spacial score (nSPS) is 11.1. The van der Waals surface area contributed by atoms with Crippen LogP contribution in [0.25, 0.3) is 10.2 Å². The number of aryl methyl sites for hydroxylation is 3. The van der Waals surface area contributed by atoms with Gasteiger partial charge in [0.1, 0.15) is 0 Å². The van der Waals surface area contributed by atoms with Gasteiger partial charge in [-0.3, -0.25) is 14.4 Å². The molecule has 1 amide bonds. The van der Waals surface area contributed by atoms with Crippen molar-refractivity contribution in [2.24, 2.45) is 0 Å². The number of anilines is 1. The highest BCUT2D eigenvalue weighted by Gasteiger charge is 2.24. The van der Waals surface area contributed by atoms with Crippen LogP contribution in [0.5, 0.6) is 0 Å². The van der Waals surface area contributed by atoms with E-state index in [0.29, 0.717) is 17.4 Å². The summed E-state index contributed by atoms with van der Waals surface area (Å²) >= 11 is 1.56. The Bertz CT molecular complexity index is 1090. The Morgan fingerprint density at radius 3 is 2.50 bits per heavy atom. The second-order valence-electron chi connectivity index (χ2n) is 6.81.